The molecule has 4 amide bonds. The first-order chi connectivity index (χ1) is 13.5. The summed E-state index contributed by atoms with van der Waals surface area (Å²) < 4.78 is 5.44. The third kappa shape index (κ3) is 2.90. The lowest BCUT2D eigenvalue weighted by molar-refractivity contribution is -0.121. The predicted octanol–water partition coefficient (Wildman–Crippen LogP) is 2.44. The normalized spacial score (nSPS) is 13.9. The van der Waals surface area contributed by atoms with E-state index in [2.05, 4.69) is 5.32 Å². The number of nitrogens with zero attached hydrogens (tertiary/aromatic N) is 1. The molecule has 4 rings (SSSR count). The molecule has 0 unspecified atom stereocenters. The molecule has 8 heteroatoms. The van der Waals surface area contributed by atoms with Gasteiger partial charge >= 0.3 is 0 Å². The van der Waals surface area contributed by atoms with Gasteiger partial charge in [0.15, 0.2) is 0 Å². The fourth-order valence-corrected chi connectivity index (χ4v) is 3.18. The third-order valence-corrected chi connectivity index (χ3v) is 4.48. The van der Waals surface area contributed by atoms with E-state index < -0.39 is 11.8 Å². The Hall–Kier alpha value is -3.94. The van der Waals surface area contributed by atoms with Gasteiger partial charge in [-0.1, -0.05) is 18.2 Å². The van der Waals surface area contributed by atoms with Crippen molar-refractivity contribution in [2.45, 2.75) is 12.8 Å². The van der Waals surface area contributed by atoms with Crippen LogP contribution >= 0.6 is 0 Å². The smallest absolute Gasteiger partial charge is 0.286 e. The molecule has 2 aromatic carbocycles. The molecule has 28 heavy (non-hydrogen) atoms. The van der Waals surface area contributed by atoms with Crippen LogP contribution in [-0.4, -0.2) is 23.6 Å². The molecule has 0 atom stereocenters. The largest absolute Gasteiger partial charge is 0.449 e. The number of hydrogen-bond donors (Lipinski definition) is 2. The van der Waals surface area contributed by atoms with E-state index >= 15 is 0 Å². The molecular weight excluding hydrogens is 362 g/mol. The van der Waals surface area contributed by atoms with Gasteiger partial charge in [0.1, 0.15) is 11.3 Å². The van der Waals surface area contributed by atoms with Gasteiger partial charge in [-0.15, -0.1) is 0 Å². The quantitative estimate of drug-likeness (QED) is 0.676. The average molecular weight is 377 g/mol. The Kier molecular flexibility index (Phi) is 4.15. The van der Waals surface area contributed by atoms with E-state index in [1.54, 1.807) is 36.4 Å². The van der Waals surface area contributed by atoms with Crippen molar-refractivity contribution < 1.29 is 23.6 Å². The van der Waals surface area contributed by atoms with Gasteiger partial charge < -0.3 is 15.5 Å². The monoisotopic (exact) mass is 377 g/mol. The van der Waals surface area contributed by atoms with Crippen molar-refractivity contribution in [2.75, 3.05) is 10.2 Å². The maximum Gasteiger partial charge on any atom is 0.286 e. The van der Waals surface area contributed by atoms with Crippen molar-refractivity contribution in [3.63, 3.8) is 0 Å². The predicted molar refractivity (Wildman–Crippen MR) is 101 cm³/mol. The van der Waals surface area contributed by atoms with E-state index in [0.29, 0.717) is 16.7 Å². The highest BCUT2D eigenvalue weighted by atomic mass is 16.3. The Labute approximate surface area is 158 Å². The number of para-hydroxylation sites is 1. The average Bonchev–Trinajstić information content (AvgIpc) is 3.22. The van der Waals surface area contributed by atoms with Gasteiger partial charge in [0.25, 0.3) is 11.8 Å². The van der Waals surface area contributed by atoms with Crippen LogP contribution < -0.4 is 16.0 Å². The van der Waals surface area contributed by atoms with E-state index in [1.165, 1.54) is 12.1 Å². The number of nitrogens with two attached hydrogens (primary N) is 1. The summed E-state index contributed by atoms with van der Waals surface area (Å²) in [5.74, 6) is -2.11. The number of rotatable bonds is 4. The Balaban J connectivity index is 1.69. The second kappa shape index (κ2) is 6.66. The van der Waals surface area contributed by atoms with E-state index in [0.717, 1.165) is 4.90 Å². The summed E-state index contributed by atoms with van der Waals surface area (Å²) in [6.07, 6.45) is 0.302. The lowest BCUT2D eigenvalue weighted by Crippen LogP contribution is -2.28. The molecule has 0 aliphatic carbocycles. The van der Waals surface area contributed by atoms with Gasteiger partial charge in [0.05, 0.1) is 5.69 Å². The molecule has 8 nitrogen and oxygen atoms in total. The molecule has 1 aromatic heterocycles. The van der Waals surface area contributed by atoms with Crippen LogP contribution in [0.15, 0.2) is 52.9 Å². The van der Waals surface area contributed by atoms with Gasteiger partial charge in [-0.2, -0.15) is 0 Å². The number of nitrogens with one attached hydrogen (secondary N) is 1. The first-order valence-electron chi connectivity index (χ1n) is 8.54. The van der Waals surface area contributed by atoms with Crippen molar-refractivity contribution >= 4 is 46.0 Å². The fourth-order valence-electron chi connectivity index (χ4n) is 3.18. The lowest BCUT2D eigenvalue weighted by atomic mass is 10.1. The van der Waals surface area contributed by atoms with Gasteiger partial charge in [-0.25, -0.2) is 0 Å². The zero-order valence-electron chi connectivity index (χ0n) is 14.6. The van der Waals surface area contributed by atoms with Crippen LogP contribution in [0.4, 0.5) is 11.4 Å². The maximum absolute atomic E-state index is 12.8. The van der Waals surface area contributed by atoms with E-state index in [4.69, 9.17) is 10.2 Å². The molecule has 0 radical (unpaired) electrons. The zero-order valence-corrected chi connectivity index (χ0v) is 14.6. The van der Waals surface area contributed by atoms with Gasteiger partial charge in [-0.05, 0) is 30.3 Å². The van der Waals surface area contributed by atoms with Crippen molar-refractivity contribution in [1.29, 1.82) is 0 Å². The highest BCUT2D eigenvalue weighted by molar-refractivity contribution is 6.20. The molecule has 1 aliphatic heterocycles. The van der Waals surface area contributed by atoms with Gasteiger partial charge in [0.2, 0.25) is 17.6 Å². The molecule has 3 aromatic rings. The van der Waals surface area contributed by atoms with Gasteiger partial charge in [0, 0.05) is 23.8 Å². The van der Waals surface area contributed by atoms with Gasteiger partial charge in [-0.3, -0.25) is 24.1 Å². The number of carbonyl (C=O) groups is 4. The van der Waals surface area contributed by atoms with Crippen LogP contribution in [0.3, 0.4) is 0 Å². The number of fused-ring (bicyclic) bond motifs is 1. The van der Waals surface area contributed by atoms with Crippen LogP contribution in [0.1, 0.15) is 33.8 Å². The number of anilines is 2. The van der Waals surface area contributed by atoms with Crippen molar-refractivity contribution in [3.8, 4) is 0 Å². The second-order valence-electron chi connectivity index (χ2n) is 6.29. The third-order valence-electron chi connectivity index (χ3n) is 4.48. The standard InChI is InChI=1S/C20H15N3O5/c21-19(26)18-17(13-6-1-2-7-14(13)28-18)22-20(27)11-4-3-5-12(10-11)23-15(24)8-9-16(23)25/h1-7,10H,8-9H2,(H2,21,26)(H,22,27). The second-order valence-corrected chi connectivity index (χ2v) is 6.29. The maximum atomic E-state index is 12.8. The molecule has 1 aliphatic rings. The van der Waals surface area contributed by atoms with Crippen LogP contribution in [0.2, 0.25) is 0 Å². The van der Waals surface area contributed by atoms with Crippen LogP contribution in [0.5, 0.6) is 0 Å². The highest BCUT2D eigenvalue weighted by Crippen LogP contribution is 2.31. The summed E-state index contributed by atoms with van der Waals surface area (Å²) in [6, 6.07) is 13.0. The Morgan fingerprint density at radius 3 is 2.43 bits per heavy atom. The van der Waals surface area contributed by atoms with Crippen LogP contribution in [0.25, 0.3) is 11.0 Å². The Morgan fingerprint density at radius 1 is 1.00 bits per heavy atom. The van der Waals surface area contributed by atoms with Crippen molar-refractivity contribution in [2.24, 2.45) is 5.73 Å². The Bertz CT molecular complexity index is 1130. The number of carbonyl (C=O) groups excluding carboxylic acids is 4. The summed E-state index contributed by atoms with van der Waals surface area (Å²) in [5, 5.41) is 3.18. The molecule has 0 spiro atoms. The molecule has 1 fully saturated rings. The van der Waals surface area contributed by atoms with Crippen molar-refractivity contribution in [1.82, 2.24) is 0 Å². The minimum Gasteiger partial charge on any atom is -0.449 e. The minimum absolute atomic E-state index is 0.151. The number of benzene rings is 2. The summed E-state index contributed by atoms with van der Waals surface area (Å²) in [4.78, 5) is 49.4. The summed E-state index contributed by atoms with van der Waals surface area (Å²) in [5.41, 5.74) is 6.49. The topological polar surface area (TPSA) is 123 Å². The van der Waals surface area contributed by atoms with E-state index in [1.807, 2.05) is 0 Å². The van der Waals surface area contributed by atoms with E-state index in [9.17, 15) is 19.2 Å². The molecule has 0 bridgehead atoms. The van der Waals surface area contributed by atoms with E-state index in [-0.39, 0.29) is 41.7 Å². The number of hydrogen-bond acceptors (Lipinski definition) is 5. The number of primary amides is 1. The number of furan rings is 1. The summed E-state index contributed by atoms with van der Waals surface area (Å²) in [6.45, 7) is 0. The molecule has 1 saturated heterocycles. The molecule has 140 valence electrons. The lowest BCUT2D eigenvalue weighted by Gasteiger charge is -2.14. The molecule has 0 saturated carbocycles. The Morgan fingerprint density at radius 2 is 1.71 bits per heavy atom. The molecule has 2 heterocycles. The molecular formula is C20H15N3O5. The first-order valence-corrected chi connectivity index (χ1v) is 8.54. The van der Waals surface area contributed by atoms with Crippen LogP contribution in [-0.2, 0) is 9.59 Å². The van der Waals surface area contributed by atoms with Crippen LogP contribution in [0, 0.1) is 0 Å². The van der Waals surface area contributed by atoms with Crippen molar-refractivity contribution in [3.05, 3.63) is 59.9 Å². The highest BCUT2D eigenvalue weighted by Gasteiger charge is 2.30. The fraction of sp³-hybridized carbons (Fsp3) is 0.100. The molecule has 3 N–H and O–H groups in total. The first kappa shape index (κ1) is 17.5. The number of imide groups is 1. The number of amides is 4. The summed E-state index contributed by atoms with van der Waals surface area (Å²) in [7, 11) is 0. The zero-order chi connectivity index (χ0) is 19.8. The SMILES string of the molecule is NC(=O)c1oc2ccccc2c1NC(=O)c1cccc(N2C(=O)CCC2=O)c1. The minimum atomic E-state index is -0.812. The summed E-state index contributed by atoms with van der Waals surface area (Å²) >= 11 is 0.